The van der Waals surface area contributed by atoms with Crippen molar-refractivity contribution in [3.63, 3.8) is 0 Å². The van der Waals surface area contributed by atoms with E-state index < -0.39 is 14.9 Å². The molecule has 6 nitrogen and oxygen atoms in total. The van der Waals surface area contributed by atoms with Gasteiger partial charge in [-0.25, -0.2) is 8.42 Å². The van der Waals surface area contributed by atoms with Crippen LogP contribution in [0, 0.1) is 10.1 Å². The number of hydrogen-bond donors (Lipinski definition) is 1. The van der Waals surface area contributed by atoms with E-state index in [0.717, 1.165) is 15.6 Å². The Balaban J connectivity index is 1.72. The number of nitrogens with zero attached hydrogens (tertiary/aromatic N) is 1. The minimum absolute atomic E-state index is 0.0409. The summed E-state index contributed by atoms with van der Waals surface area (Å²) < 4.78 is 28.3. The Kier molecular flexibility index (Phi) is 5.57. The van der Waals surface area contributed by atoms with Crippen molar-refractivity contribution in [1.29, 1.82) is 0 Å². The second-order valence-electron chi connectivity index (χ2n) is 5.86. The summed E-state index contributed by atoms with van der Waals surface area (Å²) >= 11 is 3.31. The zero-order valence-electron chi connectivity index (χ0n) is 14.0. The predicted molar refractivity (Wildman–Crippen MR) is 107 cm³/mol. The molecular weight excluding hydrogens is 432 g/mol. The number of nitro groups is 1. The lowest BCUT2D eigenvalue weighted by Gasteiger charge is -2.09. The van der Waals surface area contributed by atoms with Crippen molar-refractivity contribution < 1.29 is 13.3 Å². The van der Waals surface area contributed by atoms with Crippen molar-refractivity contribution in [3.05, 3.63) is 98.5 Å². The number of nitro benzene ring substituents is 1. The highest BCUT2D eigenvalue weighted by Crippen LogP contribution is 2.20. The summed E-state index contributed by atoms with van der Waals surface area (Å²) in [5, 5.41) is 10.7. The van der Waals surface area contributed by atoms with Crippen molar-refractivity contribution in [1.82, 2.24) is 0 Å². The fraction of sp³-hybridized carbons (Fsp3) is 0.0526. The van der Waals surface area contributed by atoms with Crippen LogP contribution < -0.4 is 4.72 Å². The Morgan fingerprint density at radius 3 is 1.89 bits per heavy atom. The van der Waals surface area contributed by atoms with Crippen LogP contribution in [0.2, 0.25) is 0 Å². The molecule has 0 aromatic heterocycles. The van der Waals surface area contributed by atoms with Gasteiger partial charge in [0.25, 0.3) is 15.7 Å². The molecule has 27 heavy (non-hydrogen) atoms. The lowest BCUT2D eigenvalue weighted by molar-refractivity contribution is -0.384. The van der Waals surface area contributed by atoms with Crippen LogP contribution in [0.1, 0.15) is 11.1 Å². The van der Waals surface area contributed by atoms with Crippen LogP contribution in [-0.2, 0) is 16.4 Å². The van der Waals surface area contributed by atoms with Gasteiger partial charge in [-0.1, -0.05) is 40.2 Å². The van der Waals surface area contributed by atoms with Gasteiger partial charge in [-0.2, -0.15) is 0 Å². The molecule has 0 heterocycles. The van der Waals surface area contributed by atoms with E-state index in [0.29, 0.717) is 12.1 Å². The van der Waals surface area contributed by atoms with Crippen molar-refractivity contribution in [3.8, 4) is 0 Å². The van der Waals surface area contributed by atoms with Crippen LogP contribution in [0.4, 0.5) is 11.4 Å². The molecule has 0 saturated heterocycles. The number of sulfonamides is 1. The molecule has 0 amide bonds. The molecule has 3 aromatic rings. The summed E-state index contributed by atoms with van der Waals surface area (Å²) in [5.74, 6) is 0. The summed E-state index contributed by atoms with van der Waals surface area (Å²) in [7, 11) is -3.67. The molecular formula is C19H15BrN2O4S. The SMILES string of the molecule is O=[N+]([O-])c1ccc(Cc2ccc(S(=O)(=O)Nc3ccc(Br)cc3)cc2)cc1. The standard InChI is InChI=1S/C19H15BrN2O4S/c20-16-5-7-17(8-6-16)21-27(25,26)19-11-3-15(4-12-19)13-14-1-9-18(10-2-14)22(23)24/h1-12,21H,13H2. The van der Waals surface area contributed by atoms with Crippen LogP contribution >= 0.6 is 15.9 Å². The average Bonchev–Trinajstić information content (AvgIpc) is 2.64. The van der Waals surface area contributed by atoms with Crippen LogP contribution in [-0.4, -0.2) is 13.3 Å². The Morgan fingerprint density at radius 1 is 0.852 bits per heavy atom. The molecule has 8 heteroatoms. The van der Waals surface area contributed by atoms with Gasteiger partial charge < -0.3 is 0 Å². The van der Waals surface area contributed by atoms with Gasteiger partial charge in [0, 0.05) is 22.3 Å². The molecule has 1 N–H and O–H groups in total. The Hall–Kier alpha value is -2.71. The van der Waals surface area contributed by atoms with Crippen LogP contribution in [0.3, 0.4) is 0 Å². The van der Waals surface area contributed by atoms with E-state index >= 15 is 0 Å². The van der Waals surface area contributed by atoms with Gasteiger partial charge in [-0.3, -0.25) is 14.8 Å². The molecule has 0 radical (unpaired) electrons. The van der Waals surface area contributed by atoms with E-state index in [4.69, 9.17) is 0 Å². The van der Waals surface area contributed by atoms with Gasteiger partial charge in [-0.05, 0) is 53.9 Å². The molecule has 0 atom stereocenters. The summed E-state index contributed by atoms with van der Waals surface area (Å²) in [6, 6.07) is 19.7. The van der Waals surface area contributed by atoms with Crippen molar-refractivity contribution in [2.45, 2.75) is 11.3 Å². The van der Waals surface area contributed by atoms with Crippen molar-refractivity contribution in [2.75, 3.05) is 4.72 Å². The fourth-order valence-electron chi connectivity index (χ4n) is 2.49. The first-order valence-corrected chi connectivity index (χ1v) is 10.2. The second-order valence-corrected chi connectivity index (χ2v) is 8.45. The molecule has 0 bridgehead atoms. The first kappa shape index (κ1) is 19.1. The minimum Gasteiger partial charge on any atom is -0.280 e. The van der Waals surface area contributed by atoms with Crippen LogP contribution in [0.25, 0.3) is 0 Å². The van der Waals surface area contributed by atoms with Crippen molar-refractivity contribution in [2.24, 2.45) is 0 Å². The molecule has 0 aliphatic rings. The zero-order chi connectivity index (χ0) is 19.4. The van der Waals surface area contributed by atoms with Crippen LogP contribution in [0.15, 0.2) is 82.2 Å². The molecule has 0 aliphatic carbocycles. The van der Waals surface area contributed by atoms with Crippen molar-refractivity contribution >= 4 is 37.3 Å². The number of rotatable bonds is 6. The summed E-state index contributed by atoms with van der Waals surface area (Å²) in [5.41, 5.74) is 2.34. The number of non-ortho nitro benzene ring substituents is 1. The smallest absolute Gasteiger partial charge is 0.269 e. The lowest BCUT2D eigenvalue weighted by atomic mass is 10.1. The molecule has 0 fully saturated rings. The normalized spacial score (nSPS) is 11.1. The van der Waals surface area contributed by atoms with Gasteiger partial charge in [-0.15, -0.1) is 0 Å². The molecule has 0 saturated carbocycles. The third-order valence-electron chi connectivity index (χ3n) is 3.89. The third kappa shape index (κ3) is 4.93. The van der Waals surface area contributed by atoms with E-state index in [1.54, 1.807) is 60.7 Å². The highest BCUT2D eigenvalue weighted by atomic mass is 79.9. The number of benzene rings is 3. The van der Waals surface area contributed by atoms with Gasteiger partial charge >= 0.3 is 0 Å². The summed E-state index contributed by atoms with van der Waals surface area (Å²) in [6.45, 7) is 0. The fourth-order valence-corrected chi connectivity index (χ4v) is 3.81. The quantitative estimate of drug-likeness (QED) is 0.436. The van der Waals surface area contributed by atoms with E-state index in [2.05, 4.69) is 20.7 Å². The molecule has 3 rings (SSSR count). The average molecular weight is 447 g/mol. The number of nitrogens with one attached hydrogen (secondary N) is 1. The first-order chi connectivity index (χ1) is 12.8. The van der Waals surface area contributed by atoms with Gasteiger partial charge in [0.2, 0.25) is 0 Å². The van der Waals surface area contributed by atoms with E-state index in [-0.39, 0.29) is 10.6 Å². The summed E-state index contributed by atoms with van der Waals surface area (Å²) in [6.07, 6.45) is 0.554. The van der Waals surface area contributed by atoms with Crippen LogP contribution in [0.5, 0.6) is 0 Å². The Labute approximate surface area is 165 Å². The summed E-state index contributed by atoms with van der Waals surface area (Å²) in [4.78, 5) is 10.4. The number of halogens is 1. The molecule has 138 valence electrons. The first-order valence-electron chi connectivity index (χ1n) is 7.94. The second kappa shape index (κ2) is 7.89. The predicted octanol–water partition coefficient (Wildman–Crippen LogP) is 4.75. The van der Waals surface area contributed by atoms with E-state index in [9.17, 15) is 18.5 Å². The molecule has 0 spiro atoms. The maximum atomic E-state index is 12.5. The highest BCUT2D eigenvalue weighted by Gasteiger charge is 2.14. The number of hydrogen-bond acceptors (Lipinski definition) is 4. The molecule has 0 unspecified atom stereocenters. The topological polar surface area (TPSA) is 89.3 Å². The largest absolute Gasteiger partial charge is 0.280 e. The number of anilines is 1. The maximum Gasteiger partial charge on any atom is 0.269 e. The Morgan fingerprint density at radius 2 is 1.37 bits per heavy atom. The van der Waals surface area contributed by atoms with Gasteiger partial charge in [0.15, 0.2) is 0 Å². The molecule has 3 aromatic carbocycles. The minimum atomic E-state index is -3.67. The molecule has 0 aliphatic heterocycles. The lowest BCUT2D eigenvalue weighted by Crippen LogP contribution is -2.12. The maximum absolute atomic E-state index is 12.5. The third-order valence-corrected chi connectivity index (χ3v) is 5.81. The van der Waals surface area contributed by atoms with Gasteiger partial charge in [0.05, 0.1) is 9.82 Å². The highest BCUT2D eigenvalue weighted by molar-refractivity contribution is 9.10. The zero-order valence-corrected chi connectivity index (χ0v) is 16.4. The monoisotopic (exact) mass is 446 g/mol. The van der Waals surface area contributed by atoms with E-state index in [1.807, 2.05) is 0 Å². The van der Waals surface area contributed by atoms with Gasteiger partial charge in [0.1, 0.15) is 0 Å². The Bertz CT molecular complexity index is 1050. The van der Waals surface area contributed by atoms with E-state index in [1.165, 1.54) is 12.1 Å².